The molecular formula is C23H21N3O5. The predicted octanol–water partition coefficient (Wildman–Crippen LogP) is 4.45. The Morgan fingerprint density at radius 1 is 0.935 bits per heavy atom. The predicted molar refractivity (Wildman–Crippen MR) is 117 cm³/mol. The second kappa shape index (κ2) is 10.0. The van der Waals surface area contributed by atoms with Crippen molar-refractivity contribution < 1.29 is 24.2 Å². The van der Waals surface area contributed by atoms with E-state index in [0.29, 0.717) is 17.9 Å². The molecule has 8 heteroatoms. The van der Waals surface area contributed by atoms with Gasteiger partial charge in [-0.25, -0.2) is 4.79 Å². The van der Waals surface area contributed by atoms with Gasteiger partial charge in [-0.2, -0.15) is 0 Å². The molecule has 0 saturated heterocycles. The van der Waals surface area contributed by atoms with Crippen molar-refractivity contribution in [3.8, 4) is 16.9 Å². The first-order chi connectivity index (χ1) is 15.0. The van der Waals surface area contributed by atoms with Crippen LogP contribution in [0.25, 0.3) is 11.1 Å². The number of benzene rings is 2. The molecule has 2 aromatic carbocycles. The quantitative estimate of drug-likeness (QED) is 0.367. The largest absolute Gasteiger partial charge is 0.494 e. The highest BCUT2D eigenvalue weighted by molar-refractivity contribution is 6.12. The second-order valence-corrected chi connectivity index (χ2v) is 6.54. The minimum absolute atomic E-state index is 0.152. The fraction of sp³-hybridized carbons (Fsp3) is 0.130. The number of anilines is 2. The first kappa shape index (κ1) is 21.5. The van der Waals surface area contributed by atoms with Gasteiger partial charge in [0.05, 0.1) is 24.4 Å². The van der Waals surface area contributed by atoms with Gasteiger partial charge in [-0.3, -0.25) is 19.9 Å². The minimum Gasteiger partial charge on any atom is -0.494 e. The highest BCUT2D eigenvalue weighted by Gasteiger charge is 2.15. The fourth-order valence-electron chi connectivity index (χ4n) is 2.97. The molecule has 3 N–H and O–H groups in total. The number of aromatic nitrogens is 1. The molecule has 0 unspecified atom stereocenters. The van der Waals surface area contributed by atoms with Crippen LogP contribution in [0.4, 0.5) is 16.2 Å². The summed E-state index contributed by atoms with van der Waals surface area (Å²) in [6, 6.07) is 15.2. The van der Waals surface area contributed by atoms with E-state index in [9.17, 15) is 14.4 Å². The maximum atomic E-state index is 12.6. The van der Waals surface area contributed by atoms with Gasteiger partial charge < -0.3 is 15.2 Å². The van der Waals surface area contributed by atoms with E-state index < -0.39 is 12.0 Å². The van der Waals surface area contributed by atoms with Crippen LogP contribution in [0.15, 0.2) is 67.0 Å². The van der Waals surface area contributed by atoms with Crippen LogP contribution >= 0.6 is 0 Å². The lowest BCUT2D eigenvalue weighted by molar-refractivity contribution is -0.115. The van der Waals surface area contributed by atoms with Crippen LogP contribution in [0, 0.1) is 0 Å². The highest BCUT2D eigenvalue weighted by atomic mass is 16.5. The number of rotatable bonds is 8. The number of nitrogens with one attached hydrogen (secondary N) is 2. The molecule has 0 spiro atoms. The Bertz CT molecular complexity index is 1100. The minimum atomic E-state index is -1.28. The van der Waals surface area contributed by atoms with Crippen molar-refractivity contribution in [3.05, 3.63) is 72.6 Å². The molecule has 0 radical (unpaired) electrons. The smallest absolute Gasteiger partial charge is 0.409 e. The monoisotopic (exact) mass is 419 g/mol. The SMILES string of the molecule is CCOc1ccc(NC(=O)CC(=O)c2cccc(-c3ccncc3)c2)c(NC(=O)O)c1. The molecule has 158 valence electrons. The molecule has 0 bridgehead atoms. The highest BCUT2D eigenvalue weighted by Crippen LogP contribution is 2.28. The van der Waals surface area contributed by atoms with Crippen LogP contribution in [0.1, 0.15) is 23.7 Å². The maximum absolute atomic E-state index is 12.6. The molecule has 0 atom stereocenters. The van der Waals surface area contributed by atoms with E-state index in [1.165, 1.54) is 12.1 Å². The zero-order valence-electron chi connectivity index (χ0n) is 16.8. The zero-order valence-corrected chi connectivity index (χ0v) is 16.8. The summed E-state index contributed by atoms with van der Waals surface area (Å²) in [5.74, 6) is -0.461. The third-order valence-corrected chi connectivity index (χ3v) is 4.34. The number of nitrogens with zero attached hydrogens (tertiary/aromatic N) is 1. The summed E-state index contributed by atoms with van der Waals surface area (Å²) in [5, 5.41) is 13.8. The van der Waals surface area contributed by atoms with Crippen LogP contribution in [-0.4, -0.2) is 34.5 Å². The molecule has 0 aliphatic rings. The molecular weight excluding hydrogens is 398 g/mol. The molecule has 1 heterocycles. The van der Waals surface area contributed by atoms with Crippen molar-refractivity contribution >= 4 is 29.2 Å². The molecule has 31 heavy (non-hydrogen) atoms. The number of pyridine rings is 1. The van der Waals surface area contributed by atoms with E-state index in [0.717, 1.165) is 11.1 Å². The summed E-state index contributed by atoms with van der Waals surface area (Å²) in [6.45, 7) is 2.21. The van der Waals surface area contributed by atoms with Gasteiger partial charge in [0.15, 0.2) is 5.78 Å². The Morgan fingerprint density at radius 3 is 2.42 bits per heavy atom. The first-order valence-electron chi connectivity index (χ1n) is 9.56. The normalized spacial score (nSPS) is 10.2. The van der Waals surface area contributed by atoms with Crippen molar-refractivity contribution in [1.29, 1.82) is 0 Å². The number of Topliss-reactive ketones (excluding diaryl/α,β-unsaturated/α-hetero) is 1. The van der Waals surface area contributed by atoms with Gasteiger partial charge in [0.1, 0.15) is 5.75 Å². The number of carbonyl (C=O) groups excluding carboxylic acids is 2. The van der Waals surface area contributed by atoms with Crippen LogP contribution in [-0.2, 0) is 4.79 Å². The van der Waals surface area contributed by atoms with E-state index >= 15 is 0 Å². The lowest BCUT2D eigenvalue weighted by Gasteiger charge is -2.13. The molecule has 0 saturated carbocycles. The van der Waals surface area contributed by atoms with Crippen molar-refractivity contribution in [2.24, 2.45) is 0 Å². The van der Waals surface area contributed by atoms with Crippen LogP contribution in [0.5, 0.6) is 5.75 Å². The Labute approximate surface area is 178 Å². The molecule has 0 fully saturated rings. The molecule has 0 aliphatic heterocycles. The fourth-order valence-corrected chi connectivity index (χ4v) is 2.97. The number of ether oxygens (including phenoxy) is 1. The van der Waals surface area contributed by atoms with Crippen LogP contribution in [0.2, 0.25) is 0 Å². The van der Waals surface area contributed by atoms with Gasteiger partial charge in [0.25, 0.3) is 0 Å². The zero-order chi connectivity index (χ0) is 22.2. The van der Waals surface area contributed by atoms with Crippen molar-refractivity contribution in [2.45, 2.75) is 13.3 Å². The second-order valence-electron chi connectivity index (χ2n) is 6.54. The van der Waals surface area contributed by atoms with Crippen molar-refractivity contribution in [1.82, 2.24) is 4.98 Å². The summed E-state index contributed by atoms with van der Waals surface area (Å²) in [7, 11) is 0. The van der Waals surface area contributed by atoms with Crippen molar-refractivity contribution in [2.75, 3.05) is 17.2 Å². The van der Waals surface area contributed by atoms with Gasteiger partial charge in [-0.05, 0) is 48.4 Å². The third-order valence-electron chi connectivity index (χ3n) is 4.34. The van der Waals surface area contributed by atoms with Gasteiger partial charge in [0, 0.05) is 24.0 Å². The van der Waals surface area contributed by atoms with Crippen LogP contribution < -0.4 is 15.4 Å². The lowest BCUT2D eigenvalue weighted by Crippen LogP contribution is -2.18. The number of carbonyl (C=O) groups is 3. The van der Waals surface area contributed by atoms with Gasteiger partial charge in [-0.1, -0.05) is 18.2 Å². The molecule has 3 rings (SSSR count). The van der Waals surface area contributed by atoms with Gasteiger partial charge >= 0.3 is 6.09 Å². The topological polar surface area (TPSA) is 118 Å². The van der Waals surface area contributed by atoms with E-state index in [1.54, 1.807) is 43.6 Å². The number of ketones is 1. The Balaban J connectivity index is 1.72. The summed E-state index contributed by atoms with van der Waals surface area (Å²) >= 11 is 0. The van der Waals surface area contributed by atoms with E-state index in [1.807, 2.05) is 18.2 Å². The molecule has 2 amide bonds. The van der Waals surface area contributed by atoms with Crippen molar-refractivity contribution in [3.63, 3.8) is 0 Å². The molecule has 3 aromatic rings. The number of carboxylic acid groups (broad SMARTS) is 1. The summed E-state index contributed by atoms with van der Waals surface area (Å²) < 4.78 is 5.35. The summed E-state index contributed by atoms with van der Waals surface area (Å²) in [6.07, 6.45) is 1.65. The molecule has 8 nitrogen and oxygen atoms in total. The molecule has 0 aliphatic carbocycles. The van der Waals surface area contributed by atoms with E-state index in [-0.39, 0.29) is 23.6 Å². The Hall–Kier alpha value is -4.20. The average molecular weight is 419 g/mol. The average Bonchev–Trinajstić information content (AvgIpc) is 2.76. The summed E-state index contributed by atoms with van der Waals surface area (Å²) in [4.78, 5) is 40.1. The first-order valence-corrected chi connectivity index (χ1v) is 9.56. The standard InChI is InChI=1S/C23H21N3O5/c1-2-31-18-6-7-19(20(13-18)26-23(29)30)25-22(28)14-21(27)17-5-3-4-16(12-17)15-8-10-24-11-9-15/h3-13,26H,2,14H2,1H3,(H,25,28)(H,29,30). The molecule has 1 aromatic heterocycles. The third kappa shape index (κ3) is 5.89. The van der Waals surface area contributed by atoms with Gasteiger partial charge in [-0.15, -0.1) is 0 Å². The van der Waals surface area contributed by atoms with E-state index in [4.69, 9.17) is 9.84 Å². The van der Waals surface area contributed by atoms with E-state index in [2.05, 4.69) is 15.6 Å². The lowest BCUT2D eigenvalue weighted by atomic mass is 10.0. The Morgan fingerprint density at radius 2 is 1.71 bits per heavy atom. The number of hydrogen-bond donors (Lipinski definition) is 3. The summed E-state index contributed by atoms with van der Waals surface area (Å²) in [5.41, 5.74) is 2.54. The van der Waals surface area contributed by atoms with Gasteiger partial charge in [0.2, 0.25) is 5.91 Å². The maximum Gasteiger partial charge on any atom is 0.409 e. The van der Waals surface area contributed by atoms with Crippen LogP contribution in [0.3, 0.4) is 0 Å². The number of hydrogen-bond acceptors (Lipinski definition) is 5. The number of amides is 2. The Kier molecular flexibility index (Phi) is 6.95.